The van der Waals surface area contributed by atoms with Gasteiger partial charge >= 0.3 is 0 Å². The summed E-state index contributed by atoms with van der Waals surface area (Å²) in [5.41, 5.74) is 0. The van der Waals surface area contributed by atoms with E-state index in [4.69, 9.17) is 11.6 Å². The maximum absolute atomic E-state index is 11.7. The molecule has 1 aliphatic rings. The van der Waals surface area contributed by atoms with E-state index in [1.807, 2.05) is 0 Å². The summed E-state index contributed by atoms with van der Waals surface area (Å²) >= 11 is 7.09. The van der Waals surface area contributed by atoms with Gasteiger partial charge in [-0.25, -0.2) is 0 Å². The van der Waals surface area contributed by atoms with E-state index < -0.39 is 0 Å². The Labute approximate surface area is 104 Å². The third kappa shape index (κ3) is 3.20. The van der Waals surface area contributed by atoms with Gasteiger partial charge in [0, 0.05) is 12.6 Å². The fourth-order valence-corrected chi connectivity index (χ4v) is 2.80. The molecule has 2 heterocycles. The standard InChI is InChI=1S/C11H15ClN2OS/c12-10-5-4-9(16-10)11(15)14-7-8-3-1-2-6-13-8/h4-5,8,13H,1-3,6-7H2,(H,14,15). The molecule has 1 saturated heterocycles. The normalized spacial score (nSPS) is 20.7. The third-order valence-corrected chi connectivity index (χ3v) is 3.95. The van der Waals surface area contributed by atoms with Crippen LogP contribution in [0.25, 0.3) is 0 Å². The van der Waals surface area contributed by atoms with Crippen molar-refractivity contribution in [1.82, 2.24) is 10.6 Å². The van der Waals surface area contributed by atoms with Crippen LogP contribution in [0.3, 0.4) is 0 Å². The lowest BCUT2D eigenvalue weighted by Gasteiger charge is -2.23. The molecule has 5 heteroatoms. The SMILES string of the molecule is O=C(NCC1CCCCN1)c1ccc(Cl)s1. The van der Waals surface area contributed by atoms with Crippen molar-refractivity contribution in [3.05, 3.63) is 21.3 Å². The molecule has 2 N–H and O–H groups in total. The van der Waals surface area contributed by atoms with Gasteiger partial charge < -0.3 is 10.6 Å². The molecule has 1 aromatic rings. The number of rotatable bonds is 3. The second-order valence-corrected chi connectivity index (χ2v) is 5.68. The maximum atomic E-state index is 11.7. The van der Waals surface area contributed by atoms with Gasteiger partial charge in [0.2, 0.25) is 0 Å². The second-order valence-electron chi connectivity index (χ2n) is 3.96. The van der Waals surface area contributed by atoms with E-state index in [0.29, 0.717) is 21.8 Å². The summed E-state index contributed by atoms with van der Waals surface area (Å²) in [6.07, 6.45) is 3.63. The number of thiophene rings is 1. The van der Waals surface area contributed by atoms with Crippen molar-refractivity contribution in [2.24, 2.45) is 0 Å². The molecular formula is C11H15ClN2OS. The number of carbonyl (C=O) groups is 1. The van der Waals surface area contributed by atoms with Crippen LogP contribution in [-0.2, 0) is 0 Å². The molecule has 1 unspecified atom stereocenters. The molecule has 0 spiro atoms. The van der Waals surface area contributed by atoms with Gasteiger partial charge in [0.1, 0.15) is 0 Å². The summed E-state index contributed by atoms with van der Waals surface area (Å²) in [6, 6.07) is 3.93. The van der Waals surface area contributed by atoms with Crippen LogP contribution in [-0.4, -0.2) is 25.0 Å². The fourth-order valence-electron chi connectivity index (χ4n) is 1.84. The third-order valence-electron chi connectivity index (χ3n) is 2.72. The Balaban J connectivity index is 1.79. The largest absolute Gasteiger partial charge is 0.350 e. The number of hydrogen-bond acceptors (Lipinski definition) is 3. The first-order valence-electron chi connectivity index (χ1n) is 5.52. The summed E-state index contributed by atoms with van der Waals surface area (Å²) in [4.78, 5) is 12.4. The highest BCUT2D eigenvalue weighted by molar-refractivity contribution is 7.17. The minimum atomic E-state index is -0.0238. The lowest BCUT2D eigenvalue weighted by atomic mass is 10.1. The molecule has 1 fully saturated rings. The van der Waals surface area contributed by atoms with E-state index in [1.54, 1.807) is 12.1 Å². The van der Waals surface area contributed by atoms with Crippen molar-refractivity contribution in [1.29, 1.82) is 0 Å². The Kier molecular flexibility index (Phi) is 4.21. The van der Waals surface area contributed by atoms with E-state index in [9.17, 15) is 4.79 Å². The molecule has 0 radical (unpaired) electrons. The first-order chi connectivity index (χ1) is 7.75. The molecule has 0 bridgehead atoms. The first-order valence-corrected chi connectivity index (χ1v) is 6.72. The number of hydrogen-bond donors (Lipinski definition) is 2. The zero-order valence-electron chi connectivity index (χ0n) is 8.96. The highest BCUT2D eigenvalue weighted by Gasteiger charge is 2.14. The molecule has 0 aromatic carbocycles. The van der Waals surface area contributed by atoms with Crippen LogP contribution in [0.5, 0.6) is 0 Å². The highest BCUT2D eigenvalue weighted by atomic mass is 35.5. The van der Waals surface area contributed by atoms with E-state index in [-0.39, 0.29) is 5.91 Å². The van der Waals surface area contributed by atoms with Gasteiger partial charge in [-0.3, -0.25) is 4.79 Å². The maximum Gasteiger partial charge on any atom is 0.261 e. The van der Waals surface area contributed by atoms with Crippen LogP contribution in [0, 0.1) is 0 Å². The van der Waals surface area contributed by atoms with E-state index >= 15 is 0 Å². The average Bonchev–Trinajstić information content (AvgIpc) is 2.74. The molecule has 1 aliphatic heterocycles. The lowest BCUT2D eigenvalue weighted by molar-refractivity contribution is 0.0952. The molecule has 1 atom stereocenters. The molecule has 0 saturated carbocycles. The van der Waals surface area contributed by atoms with Gasteiger partial charge in [-0.15, -0.1) is 11.3 Å². The molecular weight excluding hydrogens is 244 g/mol. The van der Waals surface area contributed by atoms with E-state index in [0.717, 1.165) is 13.0 Å². The van der Waals surface area contributed by atoms with Crippen molar-refractivity contribution in [3.63, 3.8) is 0 Å². The average molecular weight is 259 g/mol. The van der Waals surface area contributed by atoms with Crippen LogP contribution >= 0.6 is 22.9 Å². The van der Waals surface area contributed by atoms with Crippen molar-refractivity contribution >= 4 is 28.8 Å². The topological polar surface area (TPSA) is 41.1 Å². The zero-order chi connectivity index (χ0) is 11.4. The zero-order valence-corrected chi connectivity index (χ0v) is 10.5. The Bertz CT molecular complexity index is 361. The summed E-state index contributed by atoms with van der Waals surface area (Å²) in [5, 5.41) is 6.33. The number of halogens is 1. The predicted octanol–water partition coefficient (Wildman–Crippen LogP) is 2.27. The van der Waals surface area contributed by atoms with Gasteiger partial charge in [-0.1, -0.05) is 18.0 Å². The van der Waals surface area contributed by atoms with Crippen molar-refractivity contribution < 1.29 is 4.79 Å². The minimum absolute atomic E-state index is 0.0238. The summed E-state index contributed by atoms with van der Waals surface area (Å²) in [6.45, 7) is 1.76. The summed E-state index contributed by atoms with van der Waals surface area (Å²) in [7, 11) is 0. The van der Waals surface area contributed by atoms with Crippen LogP contribution in [0.1, 0.15) is 28.9 Å². The molecule has 1 amide bonds. The van der Waals surface area contributed by atoms with Crippen molar-refractivity contribution in [2.45, 2.75) is 25.3 Å². The molecule has 16 heavy (non-hydrogen) atoms. The predicted molar refractivity (Wildman–Crippen MR) is 67.3 cm³/mol. The number of nitrogens with one attached hydrogen (secondary N) is 2. The molecule has 2 rings (SSSR count). The van der Waals surface area contributed by atoms with Gasteiger partial charge in [0.25, 0.3) is 5.91 Å². The fraction of sp³-hybridized carbons (Fsp3) is 0.545. The van der Waals surface area contributed by atoms with Gasteiger partial charge in [0.05, 0.1) is 9.21 Å². The van der Waals surface area contributed by atoms with E-state index in [1.165, 1.54) is 24.2 Å². The van der Waals surface area contributed by atoms with Gasteiger partial charge in [-0.2, -0.15) is 0 Å². The Hall–Kier alpha value is -0.580. The monoisotopic (exact) mass is 258 g/mol. The molecule has 3 nitrogen and oxygen atoms in total. The van der Waals surface area contributed by atoms with Crippen LogP contribution < -0.4 is 10.6 Å². The molecule has 88 valence electrons. The van der Waals surface area contributed by atoms with Crippen LogP contribution in [0.15, 0.2) is 12.1 Å². The molecule has 1 aromatic heterocycles. The van der Waals surface area contributed by atoms with Crippen molar-refractivity contribution in [2.75, 3.05) is 13.1 Å². The molecule has 0 aliphatic carbocycles. The smallest absolute Gasteiger partial charge is 0.261 e. The van der Waals surface area contributed by atoms with Crippen LogP contribution in [0.4, 0.5) is 0 Å². The Morgan fingerprint density at radius 3 is 3.06 bits per heavy atom. The summed E-state index contributed by atoms with van der Waals surface area (Å²) < 4.78 is 0.654. The minimum Gasteiger partial charge on any atom is -0.350 e. The first kappa shape index (κ1) is 11.9. The van der Waals surface area contributed by atoms with Gasteiger partial charge in [-0.05, 0) is 31.5 Å². The Morgan fingerprint density at radius 1 is 1.56 bits per heavy atom. The second kappa shape index (κ2) is 5.66. The van der Waals surface area contributed by atoms with Crippen molar-refractivity contribution in [3.8, 4) is 0 Å². The Morgan fingerprint density at radius 2 is 2.44 bits per heavy atom. The van der Waals surface area contributed by atoms with E-state index in [2.05, 4.69) is 10.6 Å². The van der Waals surface area contributed by atoms with Gasteiger partial charge in [0.15, 0.2) is 0 Å². The number of amides is 1. The highest BCUT2D eigenvalue weighted by Crippen LogP contribution is 2.21. The number of piperidine rings is 1. The number of carbonyl (C=O) groups excluding carboxylic acids is 1. The van der Waals surface area contributed by atoms with Crippen LogP contribution in [0.2, 0.25) is 4.34 Å². The quantitative estimate of drug-likeness (QED) is 0.873. The summed E-state index contributed by atoms with van der Waals surface area (Å²) in [5.74, 6) is -0.0238. The lowest BCUT2D eigenvalue weighted by Crippen LogP contribution is -2.43.